The molecule has 1 aromatic heterocycles. The molecule has 0 bridgehead atoms. The van der Waals surface area contributed by atoms with Gasteiger partial charge in [-0.15, -0.1) is 0 Å². The molecular weight excluding hydrogens is 520 g/mol. The van der Waals surface area contributed by atoms with Crippen molar-refractivity contribution < 1.29 is 60.4 Å². The lowest BCUT2D eigenvalue weighted by atomic mass is 9.82. The van der Waals surface area contributed by atoms with Crippen molar-refractivity contribution in [2.75, 3.05) is 40.0 Å². The van der Waals surface area contributed by atoms with E-state index in [4.69, 9.17) is 29.3 Å². The first-order valence-electron chi connectivity index (χ1n) is 10.8. The van der Waals surface area contributed by atoms with E-state index in [0.717, 1.165) is 38.2 Å². The summed E-state index contributed by atoms with van der Waals surface area (Å²) in [5.41, 5.74) is 1.02. The van der Waals surface area contributed by atoms with Gasteiger partial charge in [0.25, 0.3) is 0 Å². The lowest BCUT2D eigenvalue weighted by molar-refractivity contribution is -0.193. The van der Waals surface area contributed by atoms with E-state index < -0.39 is 24.3 Å². The van der Waals surface area contributed by atoms with Crippen molar-refractivity contribution in [3.63, 3.8) is 0 Å². The number of halogens is 6. The number of rotatable bonds is 6. The Hall–Kier alpha value is -2.98. The quantitative estimate of drug-likeness (QED) is 0.456. The van der Waals surface area contributed by atoms with Gasteiger partial charge in [-0.2, -0.15) is 26.3 Å². The molecule has 0 aromatic carbocycles. The van der Waals surface area contributed by atoms with Gasteiger partial charge in [-0.3, -0.25) is 14.7 Å². The van der Waals surface area contributed by atoms with Gasteiger partial charge in [-0.1, -0.05) is 6.07 Å². The molecule has 210 valence electrons. The van der Waals surface area contributed by atoms with Crippen LogP contribution in [0.2, 0.25) is 0 Å². The zero-order chi connectivity index (χ0) is 28.2. The van der Waals surface area contributed by atoms with Gasteiger partial charge in [0.05, 0.1) is 18.6 Å². The van der Waals surface area contributed by atoms with E-state index in [-0.39, 0.29) is 17.9 Å². The van der Waals surface area contributed by atoms with Gasteiger partial charge in [0.2, 0.25) is 5.91 Å². The predicted octanol–water partition coefficient (Wildman–Crippen LogP) is 1.95. The molecule has 3 N–H and O–H groups in total. The van der Waals surface area contributed by atoms with Gasteiger partial charge in [0.15, 0.2) is 0 Å². The van der Waals surface area contributed by atoms with Crippen LogP contribution in [0.3, 0.4) is 0 Å². The molecule has 1 aromatic rings. The number of aliphatic carboxylic acids is 2. The van der Waals surface area contributed by atoms with Crippen LogP contribution in [0, 0.1) is 11.8 Å². The van der Waals surface area contributed by atoms with Crippen LogP contribution in [0.1, 0.15) is 12.0 Å². The topological polar surface area (TPSA) is 138 Å². The number of fused-ring (bicyclic) bond motifs is 1. The Bertz CT molecular complexity index is 846. The highest BCUT2D eigenvalue weighted by molar-refractivity contribution is 5.79. The van der Waals surface area contributed by atoms with Gasteiger partial charge in [0.1, 0.15) is 0 Å². The zero-order valence-electron chi connectivity index (χ0n) is 19.6. The lowest BCUT2D eigenvalue weighted by Crippen LogP contribution is -2.53. The van der Waals surface area contributed by atoms with Gasteiger partial charge in [0, 0.05) is 58.2 Å². The second-order valence-electron chi connectivity index (χ2n) is 7.91. The Labute approximate surface area is 207 Å². The van der Waals surface area contributed by atoms with Crippen molar-refractivity contribution >= 4 is 17.8 Å². The third kappa shape index (κ3) is 11.7. The molecule has 2 aliphatic heterocycles. The van der Waals surface area contributed by atoms with Gasteiger partial charge in [-0.25, -0.2) is 9.59 Å². The first kappa shape index (κ1) is 32.0. The fourth-order valence-corrected chi connectivity index (χ4v) is 3.56. The van der Waals surface area contributed by atoms with Crippen molar-refractivity contribution in [2.24, 2.45) is 11.8 Å². The summed E-state index contributed by atoms with van der Waals surface area (Å²) >= 11 is 0. The summed E-state index contributed by atoms with van der Waals surface area (Å²) in [5, 5.41) is 17.3. The number of alkyl halides is 6. The molecule has 3 rings (SSSR count). The zero-order valence-corrected chi connectivity index (χ0v) is 19.6. The molecule has 2 saturated heterocycles. The number of carboxylic acid groups (broad SMARTS) is 2. The third-order valence-corrected chi connectivity index (χ3v) is 5.29. The molecule has 2 fully saturated rings. The first-order valence-corrected chi connectivity index (χ1v) is 10.8. The van der Waals surface area contributed by atoms with Crippen LogP contribution in [-0.4, -0.2) is 96.4 Å². The smallest absolute Gasteiger partial charge is 0.475 e. The van der Waals surface area contributed by atoms with Crippen molar-refractivity contribution in [2.45, 2.75) is 31.4 Å². The number of likely N-dealkylation sites (tertiary alicyclic amines) is 1. The maximum absolute atomic E-state index is 12.7. The summed E-state index contributed by atoms with van der Waals surface area (Å²) in [6.07, 6.45) is -5.49. The van der Waals surface area contributed by atoms with E-state index in [1.807, 2.05) is 12.1 Å². The van der Waals surface area contributed by atoms with Gasteiger partial charge in [-0.05, 0) is 18.1 Å². The number of methoxy groups -OCH3 is 1. The number of nitrogens with zero attached hydrogens (tertiary/aromatic N) is 2. The molecule has 0 spiro atoms. The molecule has 1 amide bonds. The molecule has 3 atom stereocenters. The highest BCUT2D eigenvalue weighted by Crippen LogP contribution is 2.33. The summed E-state index contributed by atoms with van der Waals surface area (Å²) in [4.78, 5) is 36.8. The molecule has 0 radical (unpaired) electrons. The number of piperidine rings is 1. The van der Waals surface area contributed by atoms with Crippen LogP contribution in [0.5, 0.6) is 0 Å². The molecule has 0 aliphatic carbocycles. The van der Waals surface area contributed by atoms with Crippen molar-refractivity contribution in [1.82, 2.24) is 15.2 Å². The van der Waals surface area contributed by atoms with Crippen LogP contribution >= 0.6 is 0 Å². The lowest BCUT2D eigenvalue weighted by Gasteiger charge is -2.39. The summed E-state index contributed by atoms with van der Waals surface area (Å²) in [7, 11) is 1.71. The number of carboxylic acids is 2. The molecule has 0 unspecified atom stereocenters. The van der Waals surface area contributed by atoms with E-state index in [1.165, 1.54) is 0 Å². The minimum atomic E-state index is -5.08. The van der Waals surface area contributed by atoms with Crippen molar-refractivity contribution in [3.05, 3.63) is 30.1 Å². The number of ether oxygens (including phenoxy) is 2. The second-order valence-corrected chi connectivity index (χ2v) is 7.91. The summed E-state index contributed by atoms with van der Waals surface area (Å²) < 4.78 is 74.5. The van der Waals surface area contributed by atoms with E-state index in [0.29, 0.717) is 19.1 Å². The third-order valence-electron chi connectivity index (χ3n) is 5.29. The molecule has 37 heavy (non-hydrogen) atoms. The van der Waals surface area contributed by atoms with Crippen LogP contribution in [0.15, 0.2) is 24.5 Å². The monoisotopic (exact) mass is 547 g/mol. The van der Waals surface area contributed by atoms with E-state index >= 15 is 0 Å². The molecule has 10 nitrogen and oxygen atoms in total. The van der Waals surface area contributed by atoms with E-state index in [9.17, 15) is 31.1 Å². The SMILES string of the molecule is COCCN1C[C@H]2OCC[C@H]2[C@H](C(=O)NCc2cccnc2)C1.O=C(O)C(F)(F)F.O=C(O)C(F)(F)F. The average molecular weight is 547 g/mol. The Morgan fingerprint density at radius 2 is 1.73 bits per heavy atom. The van der Waals surface area contributed by atoms with Crippen molar-refractivity contribution in [3.8, 4) is 0 Å². The number of aromatic nitrogens is 1. The number of hydrogen-bond acceptors (Lipinski definition) is 7. The molecule has 0 saturated carbocycles. The van der Waals surface area contributed by atoms with Crippen LogP contribution in [0.4, 0.5) is 26.3 Å². The maximum Gasteiger partial charge on any atom is 0.490 e. The standard InChI is InChI=1S/C17H25N3O3.2C2HF3O2/c1-22-8-6-20-11-15(14-4-7-23-16(14)12-20)17(21)19-10-13-3-2-5-18-9-13;2*3-2(4,5)1(6)7/h2-3,5,9,14-16H,4,6-8,10-12H2,1H3,(H,19,21);2*(H,6,7)/t14-,15+,16+;;/m0../s1. The van der Waals surface area contributed by atoms with Gasteiger partial charge < -0.3 is 25.0 Å². The van der Waals surface area contributed by atoms with Crippen LogP contribution in [-0.2, 0) is 30.4 Å². The number of nitrogens with one attached hydrogen (secondary N) is 1. The maximum atomic E-state index is 12.7. The Morgan fingerprint density at radius 3 is 2.22 bits per heavy atom. The Balaban J connectivity index is 0.000000404. The first-order chi connectivity index (χ1) is 17.2. The summed E-state index contributed by atoms with van der Waals surface area (Å²) in [5.74, 6) is -5.07. The van der Waals surface area contributed by atoms with Crippen LogP contribution in [0.25, 0.3) is 0 Å². The van der Waals surface area contributed by atoms with Crippen LogP contribution < -0.4 is 5.32 Å². The Morgan fingerprint density at radius 1 is 1.14 bits per heavy atom. The molecular formula is C21H27F6N3O7. The summed E-state index contributed by atoms with van der Waals surface area (Å²) in [6, 6.07) is 3.86. The number of hydrogen-bond donors (Lipinski definition) is 3. The second kappa shape index (κ2) is 14.7. The summed E-state index contributed by atoms with van der Waals surface area (Å²) in [6.45, 7) is 4.50. The fourth-order valence-electron chi connectivity index (χ4n) is 3.56. The normalized spacial score (nSPS) is 21.4. The Kier molecular flexibility index (Phi) is 12.7. The van der Waals surface area contributed by atoms with E-state index in [1.54, 1.807) is 19.5 Å². The minimum absolute atomic E-state index is 0.00947. The largest absolute Gasteiger partial charge is 0.490 e. The van der Waals surface area contributed by atoms with Crippen molar-refractivity contribution in [1.29, 1.82) is 0 Å². The number of amides is 1. The number of pyridine rings is 1. The van der Waals surface area contributed by atoms with Gasteiger partial charge >= 0.3 is 24.3 Å². The van der Waals surface area contributed by atoms with E-state index in [2.05, 4.69) is 15.2 Å². The average Bonchev–Trinajstić information content (AvgIpc) is 3.29. The molecule has 2 aliphatic rings. The molecule has 3 heterocycles. The highest BCUT2D eigenvalue weighted by atomic mass is 19.4. The fraction of sp³-hybridized carbons (Fsp3) is 0.619. The molecule has 16 heteroatoms. The number of carbonyl (C=O) groups is 3. The number of carbonyl (C=O) groups excluding carboxylic acids is 1. The minimum Gasteiger partial charge on any atom is -0.475 e. The highest BCUT2D eigenvalue weighted by Gasteiger charge is 2.43. The predicted molar refractivity (Wildman–Crippen MR) is 113 cm³/mol.